The number of aryl methyl sites for hydroxylation is 1. The van der Waals surface area contributed by atoms with E-state index >= 15 is 0 Å². The molecule has 0 aromatic heterocycles. The number of amides is 2. The molecule has 2 amide bonds. The molecule has 0 radical (unpaired) electrons. The Hall–Kier alpha value is -3.27. The second kappa shape index (κ2) is 11.8. The summed E-state index contributed by atoms with van der Waals surface area (Å²) in [5, 5.41) is 14.8. The number of halogens is 3. The van der Waals surface area contributed by atoms with Crippen LogP contribution in [0.3, 0.4) is 0 Å². The molecule has 168 valence electrons. The first-order chi connectivity index (χ1) is 14.7. The zero-order valence-electron chi connectivity index (χ0n) is 16.8. The Balaban J connectivity index is 1.57. The van der Waals surface area contributed by atoms with Crippen LogP contribution in [0.4, 0.5) is 13.2 Å². The number of benzene rings is 2. The molecule has 31 heavy (non-hydrogen) atoms. The van der Waals surface area contributed by atoms with Crippen molar-refractivity contribution in [3.05, 3.63) is 59.4 Å². The van der Waals surface area contributed by atoms with E-state index < -0.39 is 42.0 Å². The lowest BCUT2D eigenvalue weighted by atomic mass is 10.2. The van der Waals surface area contributed by atoms with Crippen LogP contribution in [0.1, 0.15) is 12.0 Å². The van der Waals surface area contributed by atoms with Gasteiger partial charge in [-0.1, -0.05) is 6.07 Å². The Kier molecular flexibility index (Phi) is 9.13. The first kappa shape index (κ1) is 24.0. The first-order valence-corrected chi connectivity index (χ1v) is 9.43. The van der Waals surface area contributed by atoms with Crippen LogP contribution in [0, 0.1) is 24.4 Å². The molecule has 1 atom stereocenters. The average molecular weight is 440 g/mol. The maximum absolute atomic E-state index is 13.4. The van der Waals surface area contributed by atoms with Gasteiger partial charge in [-0.25, -0.2) is 13.2 Å². The number of aliphatic hydroxyl groups excluding tert-OH is 1. The molecule has 0 heterocycles. The molecule has 0 saturated heterocycles. The van der Waals surface area contributed by atoms with Crippen LogP contribution in [0.5, 0.6) is 11.5 Å². The molecule has 7 nitrogen and oxygen atoms in total. The van der Waals surface area contributed by atoms with Gasteiger partial charge in [0, 0.05) is 25.2 Å². The second-order valence-electron chi connectivity index (χ2n) is 6.66. The Labute approximate surface area is 177 Å². The number of carbonyl (C=O) groups excluding carboxylic acids is 2. The van der Waals surface area contributed by atoms with Crippen LogP contribution in [-0.2, 0) is 9.59 Å². The molecule has 0 aliphatic rings. The lowest BCUT2D eigenvalue weighted by molar-refractivity contribution is -0.124. The van der Waals surface area contributed by atoms with Gasteiger partial charge in [0.1, 0.15) is 17.3 Å². The van der Waals surface area contributed by atoms with Crippen molar-refractivity contribution in [2.45, 2.75) is 19.4 Å². The van der Waals surface area contributed by atoms with E-state index in [-0.39, 0.29) is 37.6 Å². The van der Waals surface area contributed by atoms with Crippen LogP contribution >= 0.6 is 0 Å². The molecule has 2 aromatic rings. The van der Waals surface area contributed by atoms with Crippen molar-refractivity contribution in [1.82, 2.24) is 10.6 Å². The highest BCUT2D eigenvalue weighted by molar-refractivity contribution is 5.78. The molecule has 0 saturated carbocycles. The van der Waals surface area contributed by atoms with Crippen molar-refractivity contribution >= 4 is 11.8 Å². The molecule has 0 spiro atoms. The maximum Gasteiger partial charge on any atom is 0.258 e. The standard InChI is InChI=1S/C21H23F3N2O5/c1-13-2-3-15(8-18(13)23)30-11-20(28)25-7-6-14(27)10-26-21(29)12-31-16-4-5-17(22)19(24)9-16/h2-5,8-9,14,27H,6-7,10-12H2,1H3,(H,25,28)(H,26,29)/t14-/m0/s1. The first-order valence-electron chi connectivity index (χ1n) is 9.43. The third-order valence-electron chi connectivity index (χ3n) is 4.11. The number of carbonyl (C=O) groups is 2. The molecule has 0 aliphatic heterocycles. The van der Waals surface area contributed by atoms with Gasteiger partial charge < -0.3 is 25.2 Å². The van der Waals surface area contributed by atoms with Gasteiger partial charge in [0.05, 0.1) is 6.10 Å². The number of hydrogen-bond donors (Lipinski definition) is 3. The van der Waals surface area contributed by atoms with Crippen LogP contribution in [0.2, 0.25) is 0 Å². The minimum atomic E-state index is -1.09. The summed E-state index contributed by atoms with van der Waals surface area (Å²) in [5.74, 6) is -3.34. The van der Waals surface area contributed by atoms with Gasteiger partial charge in [0.2, 0.25) is 0 Å². The Bertz CT molecular complexity index is 911. The van der Waals surface area contributed by atoms with Crippen LogP contribution in [0.15, 0.2) is 36.4 Å². The Morgan fingerprint density at radius 3 is 2.10 bits per heavy atom. The summed E-state index contributed by atoms with van der Waals surface area (Å²) in [7, 11) is 0. The summed E-state index contributed by atoms with van der Waals surface area (Å²) in [6.07, 6.45) is -0.769. The lowest BCUT2D eigenvalue weighted by Gasteiger charge is -2.13. The van der Waals surface area contributed by atoms with Gasteiger partial charge in [-0.2, -0.15) is 0 Å². The molecule has 0 bridgehead atoms. The minimum Gasteiger partial charge on any atom is -0.484 e. The number of rotatable bonds is 11. The lowest BCUT2D eigenvalue weighted by Crippen LogP contribution is -2.37. The van der Waals surface area contributed by atoms with Gasteiger partial charge in [-0.05, 0) is 37.1 Å². The van der Waals surface area contributed by atoms with E-state index in [4.69, 9.17) is 9.47 Å². The van der Waals surface area contributed by atoms with Crippen LogP contribution in [0.25, 0.3) is 0 Å². The van der Waals surface area contributed by atoms with Crippen molar-refractivity contribution in [3.8, 4) is 11.5 Å². The second-order valence-corrected chi connectivity index (χ2v) is 6.66. The van der Waals surface area contributed by atoms with E-state index in [0.717, 1.165) is 12.1 Å². The maximum atomic E-state index is 13.4. The molecule has 2 aromatic carbocycles. The van der Waals surface area contributed by atoms with Crippen molar-refractivity contribution in [3.63, 3.8) is 0 Å². The number of aliphatic hydroxyl groups is 1. The fourth-order valence-electron chi connectivity index (χ4n) is 2.34. The quantitative estimate of drug-likeness (QED) is 0.496. The highest BCUT2D eigenvalue weighted by Crippen LogP contribution is 2.16. The van der Waals surface area contributed by atoms with Gasteiger partial charge in [0.25, 0.3) is 11.8 Å². The molecule has 0 aliphatic carbocycles. The van der Waals surface area contributed by atoms with E-state index in [1.165, 1.54) is 18.2 Å². The Morgan fingerprint density at radius 1 is 0.903 bits per heavy atom. The molecule has 2 rings (SSSR count). The predicted molar refractivity (Wildman–Crippen MR) is 105 cm³/mol. The van der Waals surface area contributed by atoms with Gasteiger partial charge >= 0.3 is 0 Å². The zero-order valence-corrected chi connectivity index (χ0v) is 16.8. The third-order valence-corrected chi connectivity index (χ3v) is 4.11. The monoisotopic (exact) mass is 440 g/mol. The van der Waals surface area contributed by atoms with E-state index in [0.29, 0.717) is 5.56 Å². The van der Waals surface area contributed by atoms with E-state index in [1.807, 2.05) is 0 Å². The van der Waals surface area contributed by atoms with E-state index in [1.54, 1.807) is 13.0 Å². The fourth-order valence-corrected chi connectivity index (χ4v) is 2.34. The fraction of sp³-hybridized carbons (Fsp3) is 0.333. The molecular weight excluding hydrogens is 417 g/mol. The summed E-state index contributed by atoms with van der Waals surface area (Å²) in [6, 6.07) is 7.15. The van der Waals surface area contributed by atoms with Crippen molar-refractivity contribution in [2.75, 3.05) is 26.3 Å². The molecule has 3 N–H and O–H groups in total. The number of nitrogens with one attached hydrogen (secondary N) is 2. The van der Waals surface area contributed by atoms with Gasteiger partial charge in [-0.15, -0.1) is 0 Å². The van der Waals surface area contributed by atoms with Gasteiger partial charge in [0.15, 0.2) is 24.8 Å². The summed E-state index contributed by atoms with van der Waals surface area (Å²) < 4.78 is 49.5. The van der Waals surface area contributed by atoms with Crippen molar-refractivity contribution < 1.29 is 37.3 Å². The number of hydrogen-bond acceptors (Lipinski definition) is 5. The summed E-state index contributed by atoms with van der Waals surface area (Å²) in [6.45, 7) is 0.906. The highest BCUT2D eigenvalue weighted by Gasteiger charge is 2.10. The molecular formula is C21H23F3N2O5. The SMILES string of the molecule is Cc1ccc(OCC(=O)NCC[C@H](O)CNC(=O)COc2ccc(F)c(F)c2)cc1F. The van der Waals surface area contributed by atoms with Crippen molar-refractivity contribution in [1.29, 1.82) is 0 Å². The summed E-state index contributed by atoms with van der Waals surface area (Å²) in [4.78, 5) is 23.4. The van der Waals surface area contributed by atoms with E-state index in [2.05, 4.69) is 10.6 Å². The molecule has 0 unspecified atom stereocenters. The molecule has 0 fully saturated rings. The third kappa shape index (κ3) is 8.55. The van der Waals surface area contributed by atoms with Crippen LogP contribution < -0.4 is 20.1 Å². The highest BCUT2D eigenvalue weighted by atomic mass is 19.2. The topological polar surface area (TPSA) is 96.9 Å². The smallest absolute Gasteiger partial charge is 0.258 e. The average Bonchev–Trinajstić information content (AvgIpc) is 2.74. The largest absolute Gasteiger partial charge is 0.484 e. The van der Waals surface area contributed by atoms with E-state index in [9.17, 15) is 27.9 Å². The zero-order chi connectivity index (χ0) is 22.8. The van der Waals surface area contributed by atoms with Gasteiger partial charge in [-0.3, -0.25) is 9.59 Å². The minimum absolute atomic E-state index is 0.00657. The Morgan fingerprint density at radius 2 is 1.48 bits per heavy atom. The van der Waals surface area contributed by atoms with Crippen molar-refractivity contribution in [2.24, 2.45) is 0 Å². The number of ether oxygens (including phenoxy) is 2. The molecule has 10 heteroatoms. The predicted octanol–water partition coefficient (Wildman–Crippen LogP) is 1.85. The summed E-state index contributed by atoms with van der Waals surface area (Å²) in [5.41, 5.74) is 0.466. The normalized spacial score (nSPS) is 11.5. The van der Waals surface area contributed by atoms with Crippen LogP contribution in [-0.4, -0.2) is 49.3 Å². The summed E-state index contributed by atoms with van der Waals surface area (Å²) >= 11 is 0.